The Bertz CT molecular complexity index is 687. The summed E-state index contributed by atoms with van der Waals surface area (Å²) in [6.45, 7) is 4.33. The summed E-state index contributed by atoms with van der Waals surface area (Å²) in [7, 11) is 0. The van der Waals surface area contributed by atoms with E-state index >= 15 is 0 Å². The number of nitrogens with zero attached hydrogens (tertiary/aromatic N) is 1. The molecule has 2 aliphatic rings. The van der Waals surface area contributed by atoms with Gasteiger partial charge in [-0.25, -0.2) is 0 Å². The second-order valence-electron chi connectivity index (χ2n) is 6.84. The standard InChI is InChI=1S/C21H25NO3.ClH/c1-2-4-17(5-3-1)14-18-8-10-22(11-9-18)12-13-23-19-6-7-20-21(15-19)25-16-24-20;/h1-7,15,18H,8-14,16H2;1H. The van der Waals surface area contributed by atoms with Crippen molar-refractivity contribution < 1.29 is 14.2 Å². The maximum absolute atomic E-state index is 5.88. The first-order chi connectivity index (χ1) is 12.4. The topological polar surface area (TPSA) is 30.9 Å². The van der Waals surface area contributed by atoms with Crippen LogP contribution in [0.5, 0.6) is 17.2 Å². The summed E-state index contributed by atoms with van der Waals surface area (Å²) in [5.41, 5.74) is 1.46. The molecule has 140 valence electrons. The van der Waals surface area contributed by atoms with E-state index < -0.39 is 0 Å². The van der Waals surface area contributed by atoms with E-state index in [0.29, 0.717) is 13.4 Å². The first-order valence-electron chi connectivity index (χ1n) is 9.15. The van der Waals surface area contributed by atoms with E-state index in [1.807, 2.05) is 18.2 Å². The van der Waals surface area contributed by atoms with Crippen LogP contribution in [0.4, 0.5) is 0 Å². The van der Waals surface area contributed by atoms with Gasteiger partial charge in [0.25, 0.3) is 0 Å². The normalized spacial score (nSPS) is 16.9. The summed E-state index contributed by atoms with van der Waals surface area (Å²) in [4.78, 5) is 2.51. The van der Waals surface area contributed by atoms with Crippen LogP contribution in [0.3, 0.4) is 0 Å². The maximum atomic E-state index is 5.88. The highest BCUT2D eigenvalue weighted by molar-refractivity contribution is 5.85. The van der Waals surface area contributed by atoms with Gasteiger partial charge in [-0.05, 0) is 56.0 Å². The molecule has 0 atom stereocenters. The van der Waals surface area contributed by atoms with Crippen molar-refractivity contribution >= 4 is 12.4 Å². The van der Waals surface area contributed by atoms with Gasteiger partial charge in [0, 0.05) is 12.6 Å². The molecule has 0 aromatic heterocycles. The molecule has 1 fully saturated rings. The van der Waals surface area contributed by atoms with E-state index in [9.17, 15) is 0 Å². The molecule has 0 bridgehead atoms. The van der Waals surface area contributed by atoms with E-state index in [1.54, 1.807) is 0 Å². The Hall–Kier alpha value is -1.91. The third-order valence-electron chi connectivity index (χ3n) is 5.09. The molecule has 0 saturated carbocycles. The second kappa shape index (κ2) is 9.15. The van der Waals surface area contributed by atoms with E-state index in [2.05, 4.69) is 35.2 Å². The minimum atomic E-state index is 0. The van der Waals surface area contributed by atoms with Gasteiger partial charge in [0.2, 0.25) is 6.79 Å². The predicted molar refractivity (Wildman–Crippen MR) is 105 cm³/mol. The fourth-order valence-corrected chi connectivity index (χ4v) is 3.62. The number of likely N-dealkylation sites (tertiary alicyclic amines) is 1. The van der Waals surface area contributed by atoms with Crippen LogP contribution in [-0.4, -0.2) is 37.9 Å². The highest BCUT2D eigenvalue weighted by atomic mass is 35.5. The highest BCUT2D eigenvalue weighted by Crippen LogP contribution is 2.35. The summed E-state index contributed by atoms with van der Waals surface area (Å²) in [5.74, 6) is 3.24. The highest BCUT2D eigenvalue weighted by Gasteiger charge is 2.19. The molecule has 1 saturated heterocycles. The molecule has 26 heavy (non-hydrogen) atoms. The van der Waals surface area contributed by atoms with Crippen molar-refractivity contribution in [3.63, 3.8) is 0 Å². The lowest BCUT2D eigenvalue weighted by Gasteiger charge is -2.31. The molecule has 2 aromatic rings. The van der Waals surface area contributed by atoms with Crippen LogP contribution in [0.15, 0.2) is 48.5 Å². The fraction of sp³-hybridized carbons (Fsp3) is 0.429. The quantitative estimate of drug-likeness (QED) is 0.758. The molecular weight excluding hydrogens is 350 g/mol. The van der Waals surface area contributed by atoms with Crippen molar-refractivity contribution in [2.45, 2.75) is 19.3 Å². The predicted octanol–water partition coefficient (Wildman–Crippen LogP) is 4.17. The third kappa shape index (κ3) is 4.83. The van der Waals surface area contributed by atoms with E-state index in [-0.39, 0.29) is 12.4 Å². The van der Waals surface area contributed by atoms with Gasteiger partial charge in [0.15, 0.2) is 11.5 Å². The van der Waals surface area contributed by atoms with Gasteiger partial charge < -0.3 is 14.2 Å². The molecule has 4 rings (SSSR count). The Balaban J connectivity index is 0.00000196. The number of rotatable bonds is 6. The SMILES string of the molecule is Cl.c1ccc(CC2CCN(CCOc3ccc4c(c3)OCO4)CC2)cc1. The van der Waals surface area contributed by atoms with E-state index in [4.69, 9.17) is 14.2 Å². The van der Waals surface area contributed by atoms with Crippen LogP contribution in [0.2, 0.25) is 0 Å². The Labute approximate surface area is 161 Å². The lowest BCUT2D eigenvalue weighted by molar-refractivity contribution is 0.154. The van der Waals surface area contributed by atoms with E-state index in [1.165, 1.54) is 37.9 Å². The van der Waals surface area contributed by atoms with Crippen molar-refractivity contribution in [2.24, 2.45) is 5.92 Å². The smallest absolute Gasteiger partial charge is 0.231 e. The molecule has 0 amide bonds. The molecule has 0 N–H and O–H groups in total. The molecule has 2 heterocycles. The van der Waals surface area contributed by atoms with Gasteiger partial charge in [0.1, 0.15) is 12.4 Å². The largest absolute Gasteiger partial charge is 0.492 e. The van der Waals surface area contributed by atoms with Crippen molar-refractivity contribution in [1.82, 2.24) is 4.90 Å². The van der Waals surface area contributed by atoms with Crippen LogP contribution in [0, 0.1) is 5.92 Å². The Morgan fingerprint density at radius 3 is 2.54 bits per heavy atom. The molecule has 0 spiro atoms. The number of benzene rings is 2. The summed E-state index contributed by atoms with van der Waals surface area (Å²) in [6, 6.07) is 16.6. The van der Waals surface area contributed by atoms with Gasteiger partial charge in [0.05, 0.1) is 0 Å². The monoisotopic (exact) mass is 375 g/mol. The number of hydrogen-bond donors (Lipinski definition) is 0. The zero-order valence-corrected chi connectivity index (χ0v) is 15.7. The van der Waals surface area contributed by atoms with E-state index in [0.717, 1.165) is 29.7 Å². The summed E-state index contributed by atoms with van der Waals surface area (Å²) in [5, 5.41) is 0. The van der Waals surface area contributed by atoms with Crippen LogP contribution >= 0.6 is 12.4 Å². The molecule has 4 nitrogen and oxygen atoms in total. The Kier molecular flexibility index (Phi) is 6.64. The van der Waals surface area contributed by atoms with Crippen LogP contribution in [0.1, 0.15) is 18.4 Å². The van der Waals surface area contributed by atoms with Gasteiger partial charge >= 0.3 is 0 Å². The lowest BCUT2D eigenvalue weighted by atomic mass is 9.90. The summed E-state index contributed by atoms with van der Waals surface area (Å²) >= 11 is 0. The molecule has 0 aliphatic carbocycles. The third-order valence-corrected chi connectivity index (χ3v) is 5.09. The average Bonchev–Trinajstić information content (AvgIpc) is 3.12. The number of piperidine rings is 1. The Morgan fingerprint density at radius 2 is 1.73 bits per heavy atom. The average molecular weight is 376 g/mol. The molecule has 0 unspecified atom stereocenters. The van der Waals surface area contributed by atoms with Crippen LogP contribution < -0.4 is 14.2 Å². The van der Waals surface area contributed by atoms with Gasteiger partial charge in [-0.3, -0.25) is 4.90 Å². The van der Waals surface area contributed by atoms with Crippen molar-refractivity contribution in [1.29, 1.82) is 0 Å². The maximum Gasteiger partial charge on any atom is 0.231 e. The van der Waals surface area contributed by atoms with Crippen LogP contribution in [0.25, 0.3) is 0 Å². The molecule has 5 heteroatoms. The molecule has 2 aliphatic heterocycles. The fourth-order valence-electron chi connectivity index (χ4n) is 3.62. The van der Waals surface area contributed by atoms with Gasteiger partial charge in [-0.2, -0.15) is 0 Å². The van der Waals surface area contributed by atoms with Gasteiger partial charge in [-0.1, -0.05) is 30.3 Å². The zero-order valence-electron chi connectivity index (χ0n) is 14.9. The zero-order chi connectivity index (χ0) is 16.9. The first-order valence-corrected chi connectivity index (χ1v) is 9.15. The summed E-state index contributed by atoms with van der Waals surface area (Å²) in [6.07, 6.45) is 3.76. The van der Waals surface area contributed by atoms with Crippen LogP contribution in [-0.2, 0) is 6.42 Å². The minimum absolute atomic E-state index is 0. The molecular formula is C21H26ClNO3. The number of fused-ring (bicyclic) bond motifs is 1. The number of hydrogen-bond acceptors (Lipinski definition) is 4. The second-order valence-corrected chi connectivity index (χ2v) is 6.84. The molecule has 0 radical (unpaired) electrons. The number of ether oxygens (including phenoxy) is 3. The molecule has 2 aromatic carbocycles. The van der Waals surface area contributed by atoms with Crippen molar-refractivity contribution in [3.05, 3.63) is 54.1 Å². The van der Waals surface area contributed by atoms with Crippen molar-refractivity contribution in [2.75, 3.05) is 33.0 Å². The Morgan fingerprint density at radius 1 is 0.962 bits per heavy atom. The summed E-state index contributed by atoms with van der Waals surface area (Å²) < 4.78 is 16.6. The van der Waals surface area contributed by atoms with Gasteiger partial charge in [-0.15, -0.1) is 12.4 Å². The number of halogens is 1. The van der Waals surface area contributed by atoms with Crippen molar-refractivity contribution in [3.8, 4) is 17.2 Å². The first kappa shape index (κ1) is 18.9. The lowest BCUT2D eigenvalue weighted by Crippen LogP contribution is -2.37. The minimum Gasteiger partial charge on any atom is -0.492 e.